The molecule has 6 heteroatoms. The summed E-state index contributed by atoms with van der Waals surface area (Å²) in [5.74, 6) is 0.600. The zero-order valence-corrected chi connectivity index (χ0v) is 12.5. The van der Waals surface area contributed by atoms with Crippen LogP contribution in [0.1, 0.15) is 0 Å². The summed E-state index contributed by atoms with van der Waals surface area (Å²) in [5.41, 5.74) is 9.27. The largest absolute Gasteiger partial charge is 0.386 e. The third-order valence-corrected chi connectivity index (χ3v) is 3.40. The number of aromatic nitrogens is 3. The number of halogens is 1. The Morgan fingerprint density at radius 2 is 1.82 bits per heavy atom. The van der Waals surface area contributed by atoms with Gasteiger partial charge >= 0.3 is 0 Å². The molecule has 0 aliphatic carbocycles. The molecule has 3 rings (SSSR count). The van der Waals surface area contributed by atoms with Crippen LogP contribution in [0.4, 0.5) is 5.69 Å². The zero-order valence-electron chi connectivity index (χ0n) is 11.7. The van der Waals surface area contributed by atoms with Gasteiger partial charge in [-0.15, -0.1) is 16.7 Å². The van der Waals surface area contributed by atoms with Crippen molar-refractivity contribution in [3.05, 3.63) is 60.8 Å². The van der Waals surface area contributed by atoms with Crippen molar-refractivity contribution in [3.63, 3.8) is 0 Å². The fraction of sp³-hybridized carbons (Fsp3) is 0.0625. The van der Waals surface area contributed by atoms with Gasteiger partial charge in [0.1, 0.15) is 5.84 Å². The molecular formula is C16H14ClN5. The minimum atomic E-state index is 0.211. The van der Waals surface area contributed by atoms with Gasteiger partial charge in [-0.25, -0.2) is 9.67 Å². The number of nitrogens with two attached hydrogens (primary N) is 1. The second-order valence-electron chi connectivity index (χ2n) is 4.65. The van der Waals surface area contributed by atoms with E-state index in [1.807, 2.05) is 54.6 Å². The van der Waals surface area contributed by atoms with Crippen molar-refractivity contribution in [2.45, 2.75) is 0 Å². The lowest BCUT2D eigenvalue weighted by Gasteiger charge is -2.06. The molecule has 110 valence electrons. The van der Waals surface area contributed by atoms with Gasteiger partial charge in [0.25, 0.3) is 0 Å². The summed E-state index contributed by atoms with van der Waals surface area (Å²) in [6.07, 6.45) is 1.74. The average Bonchev–Trinajstić information content (AvgIpc) is 3.06. The molecule has 0 fully saturated rings. The van der Waals surface area contributed by atoms with Crippen molar-refractivity contribution in [1.29, 1.82) is 0 Å². The van der Waals surface area contributed by atoms with Crippen molar-refractivity contribution in [2.24, 2.45) is 10.7 Å². The quantitative estimate of drug-likeness (QED) is 0.457. The van der Waals surface area contributed by atoms with E-state index in [0.717, 1.165) is 22.6 Å². The van der Waals surface area contributed by atoms with Crippen molar-refractivity contribution in [1.82, 2.24) is 15.0 Å². The Bertz CT molecular complexity index is 778. The number of hydrogen-bond acceptors (Lipinski definition) is 3. The lowest BCUT2D eigenvalue weighted by Crippen LogP contribution is -2.12. The maximum atomic E-state index is 5.63. The molecule has 22 heavy (non-hydrogen) atoms. The molecule has 0 saturated carbocycles. The lowest BCUT2D eigenvalue weighted by molar-refractivity contribution is 0.808. The van der Waals surface area contributed by atoms with Crippen molar-refractivity contribution < 1.29 is 0 Å². The van der Waals surface area contributed by atoms with E-state index in [4.69, 9.17) is 17.3 Å². The molecular weight excluding hydrogens is 298 g/mol. The Morgan fingerprint density at radius 3 is 2.50 bits per heavy atom. The molecule has 5 nitrogen and oxygen atoms in total. The highest BCUT2D eigenvalue weighted by molar-refractivity contribution is 6.28. The summed E-state index contributed by atoms with van der Waals surface area (Å²) in [4.78, 5) is 4.20. The number of rotatable bonds is 4. The maximum Gasteiger partial charge on any atom is 0.115 e. The number of nitrogens with zero attached hydrogens (tertiary/aromatic N) is 4. The third kappa shape index (κ3) is 2.99. The van der Waals surface area contributed by atoms with Gasteiger partial charge in [0.05, 0.1) is 29.1 Å². The van der Waals surface area contributed by atoms with Crippen molar-refractivity contribution in [2.75, 3.05) is 5.88 Å². The third-order valence-electron chi connectivity index (χ3n) is 3.12. The van der Waals surface area contributed by atoms with Crippen LogP contribution in [0.25, 0.3) is 16.9 Å². The molecule has 0 radical (unpaired) electrons. The highest BCUT2D eigenvalue weighted by Crippen LogP contribution is 2.22. The first-order valence-corrected chi connectivity index (χ1v) is 7.27. The van der Waals surface area contributed by atoms with Gasteiger partial charge < -0.3 is 5.73 Å². The monoisotopic (exact) mass is 311 g/mol. The normalized spacial score (nSPS) is 11.6. The van der Waals surface area contributed by atoms with Gasteiger partial charge in [0, 0.05) is 5.56 Å². The minimum absolute atomic E-state index is 0.211. The second kappa shape index (κ2) is 6.41. The first-order chi connectivity index (χ1) is 10.8. The summed E-state index contributed by atoms with van der Waals surface area (Å²) in [7, 11) is 0. The summed E-state index contributed by atoms with van der Waals surface area (Å²) >= 11 is 5.62. The first kappa shape index (κ1) is 14.3. The van der Waals surface area contributed by atoms with Gasteiger partial charge in [-0.3, -0.25) is 0 Å². The van der Waals surface area contributed by atoms with Crippen LogP contribution in [-0.2, 0) is 0 Å². The molecule has 0 amide bonds. The lowest BCUT2D eigenvalue weighted by atomic mass is 10.1. The Kier molecular flexibility index (Phi) is 4.16. The predicted molar refractivity (Wildman–Crippen MR) is 88.8 cm³/mol. The molecule has 1 aromatic heterocycles. The molecule has 1 heterocycles. The van der Waals surface area contributed by atoms with Crippen LogP contribution in [0.2, 0.25) is 0 Å². The number of benzene rings is 2. The Hall–Kier alpha value is -2.66. The topological polar surface area (TPSA) is 69.1 Å². The highest BCUT2D eigenvalue weighted by atomic mass is 35.5. The Morgan fingerprint density at radius 1 is 1.09 bits per heavy atom. The van der Waals surface area contributed by atoms with E-state index in [-0.39, 0.29) is 5.88 Å². The van der Waals surface area contributed by atoms with Crippen LogP contribution in [0.3, 0.4) is 0 Å². The summed E-state index contributed by atoms with van der Waals surface area (Å²) in [6, 6.07) is 17.6. The average molecular weight is 312 g/mol. The molecule has 0 aliphatic rings. The van der Waals surface area contributed by atoms with Gasteiger partial charge in [0.15, 0.2) is 0 Å². The number of alkyl halides is 1. The summed E-state index contributed by atoms with van der Waals surface area (Å²) < 4.78 is 1.79. The van der Waals surface area contributed by atoms with Crippen LogP contribution in [0.5, 0.6) is 0 Å². The maximum absolute atomic E-state index is 5.63. The molecule has 0 spiro atoms. The van der Waals surface area contributed by atoms with Gasteiger partial charge in [-0.2, -0.15) is 0 Å². The smallest absolute Gasteiger partial charge is 0.115 e. The SMILES string of the molecule is NC(CCl)=Nc1ccc(-n2nncc2-c2ccccc2)cc1. The van der Waals surface area contributed by atoms with Crippen LogP contribution < -0.4 is 5.73 Å². The van der Waals surface area contributed by atoms with Gasteiger partial charge in [0.2, 0.25) is 0 Å². The van der Waals surface area contributed by atoms with Gasteiger partial charge in [-0.05, 0) is 24.3 Å². The predicted octanol–water partition coefficient (Wildman–Crippen LogP) is 3.16. The van der Waals surface area contributed by atoms with Crippen LogP contribution >= 0.6 is 11.6 Å². The number of amidine groups is 1. The number of hydrogen-bond donors (Lipinski definition) is 1. The molecule has 0 saturated heterocycles. The fourth-order valence-corrected chi connectivity index (χ4v) is 2.16. The van der Waals surface area contributed by atoms with E-state index in [0.29, 0.717) is 5.84 Å². The highest BCUT2D eigenvalue weighted by Gasteiger charge is 2.08. The van der Waals surface area contributed by atoms with E-state index >= 15 is 0 Å². The number of aliphatic imine (C=N–C) groups is 1. The molecule has 0 bridgehead atoms. The van der Waals surface area contributed by atoms with E-state index in [9.17, 15) is 0 Å². The van der Waals surface area contributed by atoms with Crippen molar-refractivity contribution >= 4 is 23.1 Å². The molecule has 0 atom stereocenters. The van der Waals surface area contributed by atoms with E-state index < -0.39 is 0 Å². The molecule has 0 aliphatic heterocycles. The standard InChI is InChI=1S/C16H14ClN5/c17-10-16(18)20-13-6-8-14(9-7-13)22-15(11-19-21-22)12-4-2-1-3-5-12/h1-9,11H,10H2,(H2,18,20). The van der Waals surface area contributed by atoms with E-state index in [1.165, 1.54) is 0 Å². The Labute approximate surface area is 133 Å². The molecule has 0 unspecified atom stereocenters. The minimum Gasteiger partial charge on any atom is -0.386 e. The van der Waals surface area contributed by atoms with Crippen LogP contribution in [0.15, 0.2) is 65.8 Å². The fourth-order valence-electron chi connectivity index (χ4n) is 2.10. The van der Waals surface area contributed by atoms with Crippen LogP contribution in [0, 0.1) is 0 Å². The van der Waals surface area contributed by atoms with Crippen LogP contribution in [-0.4, -0.2) is 26.7 Å². The second-order valence-corrected chi connectivity index (χ2v) is 4.92. The summed E-state index contributed by atoms with van der Waals surface area (Å²) in [6.45, 7) is 0. The first-order valence-electron chi connectivity index (χ1n) is 6.73. The molecule has 2 aromatic carbocycles. The van der Waals surface area contributed by atoms with Crippen molar-refractivity contribution in [3.8, 4) is 16.9 Å². The summed E-state index contributed by atoms with van der Waals surface area (Å²) in [5, 5.41) is 8.16. The van der Waals surface area contributed by atoms with E-state index in [1.54, 1.807) is 10.9 Å². The molecule has 2 N–H and O–H groups in total. The molecule has 3 aromatic rings. The Balaban J connectivity index is 1.95. The van der Waals surface area contributed by atoms with E-state index in [2.05, 4.69) is 15.3 Å². The zero-order chi connectivity index (χ0) is 15.4. The van der Waals surface area contributed by atoms with Gasteiger partial charge in [-0.1, -0.05) is 35.5 Å².